The highest BCUT2D eigenvalue weighted by atomic mass is 19.3. The van der Waals surface area contributed by atoms with E-state index < -0.39 is 24.9 Å². The van der Waals surface area contributed by atoms with E-state index >= 15 is 0 Å². The number of amides is 1. The molecule has 0 saturated carbocycles. The zero-order valence-electron chi connectivity index (χ0n) is 14.2. The minimum atomic E-state index is -2.78. The molecule has 4 nitrogen and oxygen atoms in total. The molecule has 2 aliphatic rings. The SMILES string of the molecule is CC(C)(CNC(=O)C1CC(F)(F)CN1)N1CCc2ccccc2C1. The molecule has 24 heavy (non-hydrogen) atoms. The van der Waals surface area contributed by atoms with Gasteiger partial charge in [0, 0.05) is 31.6 Å². The van der Waals surface area contributed by atoms with Crippen LogP contribution in [0.1, 0.15) is 31.4 Å². The van der Waals surface area contributed by atoms with Crippen LogP contribution in [0.3, 0.4) is 0 Å². The number of carbonyl (C=O) groups excluding carboxylic acids is 1. The third-order valence-electron chi connectivity index (χ3n) is 5.11. The van der Waals surface area contributed by atoms with Crippen molar-refractivity contribution in [2.24, 2.45) is 0 Å². The van der Waals surface area contributed by atoms with Crippen LogP contribution in [0.2, 0.25) is 0 Å². The van der Waals surface area contributed by atoms with Gasteiger partial charge in [0.2, 0.25) is 5.91 Å². The van der Waals surface area contributed by atoms with Gasteiger partial charge in [0.15, 0.2) is 0 Å². The average molecular weight is 337 g/mol. The third-order valence-corrected chi connectivity index (χ3v) is 5.11. The summed E-state index contributed by atoms with van der Waals surface area (Å²) in [5, 5.41) is 5.45. The molecule has 1 aromatic rings. The van der Waals surface area contributed by atoms with Gasteiger partial charge in [-0.2, -0.15) is 0 Å². The maximum absolute atomic E-state index is 13.2. The third kappa shape index (κ3) is 3.75. The van der Waals surface area contributed by atoms with Crippen LogP contribution in [0.4, 0.5) is 8.78 Å². The number of nitrogens with zero attached hydrogens (tertiary/aromatic N) is 1. The highest BCUT2D eigenvalue weighted by Crippen LogP contribution is 2.26. The summed E-state index contributed by atoms with van der Waals surface area (Å²) in [6.07, 6.45) is 0.570. The van der Waals surface area contributed by atoms with Crippen LogP contribution in [0.25, 0.3) is 0 Å². The molecule has 1 amide bonds. The smallest absolute Gasteiger partial charge is 0.262 e. The van der Waals surface area contributed by atoms with E-state index in [4.69, 9.17) is 0 Å². The largest absolute Gasteiger partial charge is 0.353 e. The van der Waals surface area contributed by atoms with E-state index in [1.807, 2.05) is 6.07 Å². The fourth-order valence-electron chi connectivity index (χ4n) is 3.45. The van der Waals surface area contributed by atoms with Crippen molar-refractivity contribution < 1.29 is 13.6 Å². The zero-order valence-corrected chi connectivity index (χ0v) is 14.2. The molecule has 2 N–H and O–H groups in total. The lowest BCUT2D eigenvalue weighted by molar-refractivity contribution is -0.124. The van der Waals surface area contributed by atoms with Crippen molar-refractivity contribution in [3.8, 4) is 0 Å². The van der Waals surface area contributed by atoms with E-state index in [1.54, 1.807) is 0 Å². The average Bonchev–Trinajstić information content (AvgIpc) is 2.92. The van der Waals surface area contributed by atoms with Crippen molar-refractivity contribution in [2.75, 3.05) is 19.6 Å². The van der Waals surface area contributed by atoms with Crippen LogP contribution in [-0.2, 0) is 17.8 Å². The molecule has 0 aliphatic carbocycles. The number of fused-ring (bicyclic) bond motifs is 1. The number of hydrogen-bond donors (Lipinski definition) is 2. The highest BCUT2D eigenvalue weighted by Gasteiger charge is 2.42. The summed E-state index contributed by atoms with van der Waals surface area (Å²) < 4.78 is 26.4. The Morgan fingerprint density at radius 2 is 2.08 bits per heavy atom. The van der Waals surface area contributed by atoms with Crippen LogP contribution in [0.15, 0.2) is 24.3 Å². The minimum absolute atomic E-state index is 0.232. The van der Waals surface area contributed by atoms with Gasteiger partial charge >= 0.3 is 0 Å². The van der Waals surface area contributed by atoms with Crippen molar-refractivity contribution in [2.45, 2.75) is 50.7 Å². The van der Waals surface area contributed by atoms with E-state index in [9.17, 15) is 13.6 Å². The summed E-state index contributed by atoms with van der Waals surface area (Å²) >= 11 is 0. The highest BCUT2D eigenvalue weighted by molar-refractivity contribution is 5.82. The Morgan fingerprint density at radius 3 is 2.75 bits per heavy atom. The molecule has 0 bridgehead atoms. The van der Waals surface area contributed by atoms with Crippen LogP contribution < -0.4 is 10.6 Å². The molecule has 0 spiro atoms. The number of rotatable bonds is 4. The maximum atomic E-state index is 13.2. The lowest BCUT2D eigenvalue weighted by Crippen LogP contribution is -2.54. The van der Waals surface area contributed by atoms with E-state index in [0.717, 1.165) is 19.5 Å². The zero-order chi connectivity index (χ0) is 17.4. The quantitative estimate of drug-likeness (QED) is 0.882. The van der Waals surface area contributed by atoms with Crippen LogP contribution >= 0.6 is 0 Å². The lowest BCUT2D eigenvalue weighted by atomic mass is 9.94. The molecule has 1 fully saturated rings. The van der Waals surface area contributed by atoms with Gasteiger partial charge < -0.3 is 5.32 Å². The Labute approximate surface area is 141 Å². The first-order valence-electron chi connectivity index (χ1n) is 8.48. The summed E-state index contributed by atoms with van der Waals surface area (Å²) in [7, 11) is 0. The molecule has 1 aromatic carbocycles. The lowest BCUT2D eigenvalue weighted by Gasteiger charge is -2.41. The Kier molecular flexibility index (Phi) is 4.62. The number of carbonyl (C=O) groups is 1. The molecular formula is C18H25F2N3O. The van der Waals surface area contributed by atoms with Gasteiger partial charge in [-0.25, -0.2) is 8.78 Å². The first-order valence-corrected chi connectivity index (χ1v) is 8.48. The topological polar surface area (TPSA) is 44.4 Å². The summed E-state index contributed by atoms with van der Waals surface area (Å²) in [5.74, 6) is -3.12. The maximum Gasteiger partial charge on any atom is 0.262 e. The van der Waals surface area contributed by atoms with Crippen LogP contribution in [-0.4, -0.2) is 47.9 Å². The van der Waals surface area contributed by atoms with Crippen molar-refractivity contribution in [1.29, 1.82) is 0 Å². The predicted molar refractivity (Wildman–Crippen MR) is 89.0 cm³/mol. The van der Waals surface area contributed by atoms with E-state index in [2.05, 4.69) is 47.6 Å². The molecular weight excluding hydrogens is 312 g/mol. The van der Waals surface area contributed by atoms with Gasteiger partial charge in [0.25, 0.3) is 5.92 Å². The molecule has 0 aromatic heterocycles. The van der Waals surface area contributed by atoms with Crippen molar-refractivity contribution >= 4 is 5.91 Å². The first-order chi connectivity index (χ1) is 11.3. The molecule has 1 unspecified atom stereocenters. The van der Waals surface area contributed by atoms with Gasteiger partial charge in [-0.15, -0.1) is 0 Å². The molecule has 132 valence electrons. The number of alkyl halides is 2. The van der Waals surface area contributed by atoms with Gasteiger partial charge in [0.05, 0.1) is 12.6 Å². The summed E-state index contributed by atoms with van der Waals surface area (Å²) in [6.45, 7) is 5.96. The molecule has 1 atom stereocenters. The molecule has 3 rings (SSSR count). The first kappa shape index (κ1) is 17.3. The monoisotopic (exact) mass is 337 g/mol. The predicted octanol–water partition coefficient (Wildman–Crippen LogP) is 1.94. The van der Waals surface area contributed by atoms with Crippen molar-refractivity contribution in [3.63, 3.8) is 0 Å². The second-order valence-corrected chi connectivity index (χ2v) is 7.46. The standard InChI is InChI=1S/C18H25F2N3O/c1-17(2,11-22-16(24)15-9-18(19,20)12-21-15)23-8-7-13-5-3-4-6-14(13)10-23/h3-6,15,21H,7-12H2,1-2H3,(H,22,24). The summed E-state index contributed by atoms with van der Waals surface area (Å²) in [6, 6.07) is 7.61. The summed E-state index contributed by atoms with van der Waals surface area (Å²) in [5.41, 5.74) is 2.47. The second kappa shape index (κ2) is 6.41. The normalized spacial score (nSPS) is 23.8. The number of hydrogen-bond acceptors (Lipinski definition) is 3. The Bertz CT molecular complexity index is 618. The van der Waals surface area contributed by atoms with Crippen LogP contribution in [0, 0.1) is 0 Å². The Morgan fingerprint density at radius 1 is 1.38 bits per heavy atom. The van der Waals surface area contributed by atoms with Gasteiger partial charge in [0.1, 0.15) is 0 Å². The second-order valence-electron chi connectivity index (χ2n) is 7.46. The molecule has 1 saturated heterocycles. The molecule has 0 radical (unpaired) electrons. The number of benzene rings is 1. The van der Waals surface area contributed by atoms with E-state index in [1.165, 1.54) is 11.1 Å². The van der Waals surface area contributed by atoms with Gasteiger partial charge in [-0.1, -0.05) is 24.3 Å². The van der Waals surface area contributed by atoms with Gasteiger partial charge in [-0.3, -0.25) is 15.0 Å². The van der Waals surface area contributed by atoms with Crippen LogP contribution in [0.5, 0.6) is 0 Å². The van der Waals surface area contributed by atoms with E-state index in [0.29, 0.717) is 6.54 Å². The summed E-state index contributed by atoms with van der Waals surface area (Å²) in [4.78, 5) is 14.5. The Hall–Kier alpha value is -1.53. The fraction of sp³-hybridized carbons (Fsp3) is 0.611. The molecule has 2 heterocycles. The Balaban J connectivity index is 1.56. The molecule has 6 heteroatoms. The van der Waals surface area contributed by atoms with Crippen molar-refractivity contribution in [3.05, 3.63) is 35.4 Å². The van der Waals surface area contributed by atoms with Crippen molar-refractivity contribution in [1.82, 2.24) is 15.5 Å². The number of nitrogens with one attached hydrogen (secondary N) is 2. The minimum Gasteiger partial charge on any atom is -0.353 e. The number of halogens is 2. The fourth-order valence-corrected chi connectivity index (χ4v) is 3.45. The molecule has 2 aliphatic heterocycles. The van der Waals surface area contributed by atoms with Gasteiger partial charge in [-0.05, 0) is 31.4 Å². The van der Waals surface area contributed by atoms with E-state index in [-0.39, 0.29) is 11.4 Å².